The molecule has 1 aliphatic carbocycles. The zero-order valence-electron chi connectivity index (χ0n) is 13.7. The fraction of sp³-hybridized carbons (Fsp3) is 0.667. The summed E-state index contributed by atoms with van der Waals surface area (Å²) in [6, 6.07) is 4.47. The molecule has 0 aliphatic heterocycles. The van der Waals surface area contributed by atoms with E-state index in [9.17, 15) is 0 Å². The van der Waals surface area contributed by atoms with Gasteiger partial charge in [0, 0.05) is 20.2 Å². The molecule has 1 N–H and O–H groups in total. The van der Waals surface area contributed by atoms with E-state index in [0.717, 1.165) is 38.0 Å². The third-order valence-electron chi connectivity index (χ3n) is 4.27. The third kappa shape index (κ3) is 5.01. The Balaban J connectivity index is 1.89. The minimum atomic E-state index is 0.751. The summed E-state index contributed by atoms with van der Waals surface area (Å²) < 4.78 is 11.2. The van der Waals surface area contributed by atoms with Gasteiger partial charge in [-0.2, -0.15) is 0 Å². The van der Waals surface area contributed by atoms with Crippen LogP contribution in [0.3, 0.4) is 0 Å². The van der Waals surface area contributed by atoms with Crippen molar-refractivity contribution < 1.29 is 9.47 Å². The van der Waals surface area contributed by atoms with E-state index in [1.54, 1.807) is 7.11 Å². The predicted octanol–water partition coefficient (Wildman–Crippen LogP) is 3.61. The van der Waals surface area contributed by atoms with Crippen molar-refractivity contribution in [2.24, 2.45) is 5.92 Å². The van der Waals surface area contributed by atoms with Crippen molar-refractivity contribution in [2.75, 3.05) is 26.9 Å². The van der Waals surface area contributed by atoms with Gasteiger partial charge in [-0.05, 0) is 49.3 Å². The van der Waals surface area contributed by atoms with Crippen LogP contribution in [0.25, 0.3) is 0 Å². The molecule has 0 spiro atoms. The standard InChI is InChI=1S/C18H29NO2/c1-14-10-17(12-19-8-9-20-3)11-15(2)18(14)21-13-16-6-4-5-7-16/h10-11,16,19H,4-9,12-13H2,1-3H3. The number of rotatable bonds is 8. The Hall–Kier alpha value is -1.06. The molecule has 1 saturated carbocycles. The van der Waals surface area contributed by atoms with Crippen molar-refractivity contribution >= 4 is 0 Å². The molecule has 0 bridgehead atoms. The van der Waals surface area contributed by atoms with E-state index in [2.05, 4.69) is 31.3 Å². The Morgan fingerprint density at radius 3 is 2.43 bits per heavy atom. The molecule has 0 aromatic heterocycles. The predicted molar refractivity (Wildman–Crippen MR) is 87.0 cm³/mol. The summed E-state index contributed by atoms with van der Waals surface area (Å²) in [4.78, 5) is 0. The second kappa shape index (κ2) is 8.40. The molecule has 3 heteroatoms. The fourth-order valence-corrected chi connectivity index (χ4v) is 3.15. The Kier molecular flexibility index (Phi) is 6.52. The summed E-state index contributed by atoms with van der Waals surface area (Å²) in [5.41, 5.74) is 3.81. The van der Waals surface area contributed by atoms with Crippen LogP contribution in [-0.4, -0.2) is 26.9 Å². The molecule has 1 aromatic carbocycles. The Morgan fingerprint density at radius 2 is 1.81 bits per heavy atom. The Bertz CT molecular complexity index is 416. The highest BCUT2D eigenvalue weighted by Crippen LogP contribution is 2.29. The zero-order valence-corrected chi connectivity index (χ0v) is 13.7. The number of ether oxygens (including phenoxy) is 2. The summed E-state index contributed by atoms with van der Waals surface area (Å²) in [6.07, 6.45) is 5.41. The van der Waals surface area contributed by atoms with Crippen molar-refractivity contribution in [2.45, 2.75) is 46.1 Å². The lowest BCUT2D eigenvalue weighted by Gasteiger charge is -2.17. The van der Waals surface area contributed by atoms with Crippen LogP contribution in [0.15, 0.2) is 12.1 Å². The first-order valence-electron chi connectivity index (χ1n) is 8.13. The molecule has 3 nitrogen and oxygen atoms in total. The van der Waals surface area contributed by atoms with Crippen LogP contribution in [0, 0.1) is 19.8 Å². The highest BCUT2D eigenvalue weighted by molar-refractivity contribution is 5.43. The average Bonchev–Trinajstić information content (AvgIpc) is 2.96. The molecule has 0 unspecified atom stereocenters. The average molecular weight is 291 g/mol. The summed E-state index contributed by atoms with van der Waals surface area (Å²) in [5.74, 6) is 1.85. The molecule has 0 amide bonds. The van der Waals surface area contributed by atoms with Gasteiger partial charge in [-0.25, -0.2) is 0 Å². The van der Waals surface area contributed by atoms with Crippen LogP contribution in [0.5, 0.6) is 5.75 Å². The van der Waals surface area contributed by atoms with Crippen molar-refractivity contribution in [3.05, 3.63) is 28.8 Å². The number of nitrogens with one attached hydrogen (secondary N) is 1. The lowest BCUT2D eigenvalue weighted by atomic mass is 10.1. The van der Waals surface area contributed by atoms with Crippen molar-refractivity contribution in [3.63, 3.8) is 0 Å². The van der Waals surface area contributed by atoms with E-state index in [1.807, 2.05) is 0 Å². The maximum atomic E-state index is 6.11. The highest BCUT2D eigenvalue weighted by atomic mass is 16.5. The van der Waals surface area contributed by atoms with Gasteiger partial charge in [0.2, 0.25) is 0 Å². The van der Waals surface area contributed by atoms with E-state index in [0.29, 0.717) is 0 Å². The quantitative estimate of drug-likeness (QED) is 0.742. The lowest BCUT2D eigenvalue weighted by molar-refractivity contribution is 0.199. The smallest absolute Gasteiger partial charge is 0.125 e. The second-order valence-corrected chi connectivity index (χ2v) is 6.19. The monoisotopic (exact) mass is 291 g/mol. The maximum Gasteiger partial charge on any atom is 0.125 e. The molecule has 0 saturated heterocycles. The molecular formula is C18H29NO2. The van der Waals surface area contributed by atoms with Crippen molar-refractivity contribution in [1.82, 2.24) is 5.32 Å². The van der Waals surface area contributed by atoms with Crippen molar-refractivity contribution in [3.8, 4) is 5.75 Å². The van der Waals surface area contributed by atoms with Gasteiger partial charge in [-0.3, -0.25) is 0 Å². The van der Waals surface area contributed by atoms with Crippen LogP contribution >= 0.6 is 0 Å². The topological polar surface area (TPSA) is 30.5 Å². The summed E-state index contributed by atoms with van der Waals surface area (Å²) in [6.45, 7) is 7.70. The van der Waals surface area contributed by atoms with Crippen LogP contribution in [-0.2, 0) is 11.3 Å². The molecule has 0 atom stereocenters. The normalized spacial score (nSPS) is 15.6. The number of methoxy groups -OCH3 is 1. The molecule has 21 heavy (non-hydrogen) atoms. The highest BCUT2D eigenvalue weighted by Gasteiger charge is 2.16. The molecule has 1 aliphatic rings. The van der Waals surface area contributed by atoms with Gasteiger partial charge in [-0.15, -0.1) is 0 Å². The summed E-state index contributed by atoms with van der Waals surface area (Å²) >= 11 is 0. The van der Waals surface area contributed by atoms with Gasteiger partial charge >= 0.3 is 0 Å². The largest absolute Gasteiger partial charge is 0.493 e. The van der Waals surface area contributed by atoms with E-state index < -0.39 is 0 Å². The molecule has 1 aromatic rings. The Labute approximate surface area is 129 Å². The molecule has 2 rings (SSSR count). The lowest BCUT2D eigenvalue weighted by Crippen LogP contribution is -2.18. The minimum absolute atomic E-state index is 0.751. The zero-order chi connectivity index (χ0) is 15.1. The number of hydrogen-bond donors (Lipinski definition) is 1. The van der Waals surface area contributed by atoms with Crippen LogP contribution in [0.4, 0.5) is 0 Å². The summed E-state index contributed by atoms with van der Waals surface area (Å²) in [7, 11) is 1.73. The van der Waals surface area contributed by atoms with E-state index in [-0.39, 0.29) is 0 Å². The van der Waals surface area contributed by atoms with Crippen LogP contribution < -0.4 is 10.1 Å². The van der Waals surface area contributed by atoms with Gasteiger partial charge in [0.05, 0.1) is 13.2 Å². The number of benzene rings is 1. The Morgan fingerprint density at radius 1 is 1.14 bits per heavy atom. The third-order valence-corrected chi connectivity index (χ3v) is 4.27. The first-order valence-corrected chi connectivity index (χ1v) is 8.13. The molecule has 118 valence electrons. The van der Waals surface area contributed by atoms with Crippen molar-refractivity contribution in [1.29, 1.82) is 0 Å². The molecule has 0 heterocycles. The number of aryl methyl sites for hydroxylation is 2. The van der Waals surface area contributed by atoms with Gasteiger partial charge in [0.1, 0.15) is 5.75 Å². The van der Waals surface area contributed by atoms with Gasteiger partial charge in [-0.1, -0.05) is 25.0 Å². The van der Waals surface area contributed by atoms with Gasteiger partial charge < -0.3 is 14.8 Å². The number of hydrogen-bond acceptors (Lipinski definition) is 3. The maximum absolute atomic E-state index is 6.11. The van der Waals surface area contributed by atoms with E-state index >= 15 is 0 Å². The second-order valence-electron chi connectivity index (χ2n) is 6.19. The first kappa shape index (κ1) is 16.3. The van der Waals surface area contributed by atoms with Crippen LogP contribution in [0.1, 0.15) is 42.4 Å². The van der Waals surface area contributed by atoms with E-state index in [1.165, 1.54) is 42.4 Å². The fourth-order valence-electron chi connectivity index (χ4n) is 3.15. The van der Waals surface area contributed by atoms with E-state index in [4.69, 9.17) is 9.47 Å². The van der Waals surface area contributed by atoms with Gasteiger partial charge in [0.15, 0.2) is 0 Å². The molecule has 1 fully saturated rings. The molecule has 0 radical (unpaired) electrons. The van der Waals surface area contributed by atoms with Gasteiger partial charge in [0.25, 0.3) is 0 Å². The first-order chi connectivity index (χ1) is 10.2. The minimum Gasteiger partial charge on any atom is -0.493 e. The van der Waals surface area contributed by atoms with Crippen LogP contribution in [0.2, 0.25) is 0 Å². The summed E-state index contributed by atoms with van der Waals surface area (Å²) in [5, 5.41) is 3.39. The molecular weight excluding hydrogens is 262 g/mol. The SMILES string of the molecule is COCCNCc1cc(C)c(OCC2CCCC2)c(C)c1.